The Labute approximate surface area is 226 Å². The highest BCUT2D eigenvalue weighted by Crippen LogP contribution is 2.29. The molecule has 3 aromatic carbocycles. The van der Waals surface area contributed by atoms with Crippen LogP contribution in [0, 0.1) is 5.92 Å². The summed E-state index contributed by atoms with van der Waals surface area (Å²) in [7, 11) is 0. The average Bonchev–Trinajstić information content (AvgIpc) is 2.88. The normalized spacial score (nSPS) is 11.8. The summed E-state index contributed by atoms with van der Waals surface area (Å²) >= 11 is 11.9. The highest BCUT2D eigenvalue weighted by Gasteiger charge is 2.24. The van der Waals surface area contributed by atoms with E-state index in [0.717, 1.165) is 5.56 Å². The van der Waals surface area contributed by atoms with Crippen molar-refractivity contribution in [2.75, 3.05) is 6.61 Å². The van der Waals surface area contributed by atoms with E-state index in [-0.39, 0.29) is 10.9 Å². The van der Waals surface area contributed by atoms with Crippen LogP contribution in [0.5, 0.6) is 11.5 Å². The van der Waals surface area contributed by atoms with Crippen molar-refractivity contribution < 1.29 is 19.1 Å². The highest BCUT2D eigenvalue weighted by molar-refractivity contribution is 6.42. The molecule has 0 saturated heterocycles. The number of hydrogen-bond donors (Lipinski definition) is 2. The molecule has 0 heterocycles. The van der Waals surface area contributed by atoms with E-state index in [2.05, 4.69) is 15.8 Å². The monoisotopic (exact) mass is 541 g/mol. The van der Waals surface area contributed by atoms with E-state index in [0.29, 0.717) is 40.9 Å². The molecule has 2 N–H and O–H groups in total. The number of ether oxygens (including phenoxy) is 2. The molecule has 0 aromatic heterocycles. The molecule has 0 radical (unpaired) electrons. The van der Waals surface area contributed by atoms with Crippen LogP contribution < -0.4 is 20.2 Å². The van der Waals surface area contributed by atoms with Crippen LogP contribution in [0.3, 0.4) is 0 Å². The maximum absolute atomic E-state index is 12.8. The highest BCUT2D eigenvalue weighted by atomic mass is 35.5. The predicted octanol–water partition coefficient (Wildman–Crippen LogP) is 5.88. The van der Waals surface area contributed by atoms with Crippen molar-refractivity contribution in [1.82, 2.24) is 10.7 Å². The van der Waals surface area contributed by atoms with Gasteiger partial charge in [0.25, 0.3) is 11.8 Å². The van der Waals surface area contributed by atoms with Crippen molar-refractivity contribution in [2.24, 2.45) is 11.0 Å². The van der Waals surface area contributed by atoms with E-state index in [1.807, 2.05) is 57.2 Å². The number of benzene rings is 3. The van der Waals surface area contributed by atoms with E-state index in [1.165, 1.54) is 18.3 Å². The third kappa shape index (κ3) is 8.23. The molecule has 3 rings (SSSR count). The van der Waals surface area contributed by atoms with E-state index in [1.54, 1.807) is 18.2 Å². The number of nitrogens with one attached hydrogen (secondary N) is 2. The first-order valence-corrected chi connectivity index (χ1v) is 12.6. The number of nitrogens with zero attached hydrogens (tertiary/aromatic N) is 1. The molecule has 7 nitrogen and oxygen atoms in total. The topological polar surface area (TPSA) is 89.0 Å². The fraction of sp³-hybridized carbons (Fsp3) is 0.250. The number of hydrazone groups is 1. The lowest BCUT2D eigenvalue weighted by Gasteiger charge is -2.20. The molecule has 9 heteroatoms. The van der Waals surface area contributed by atoms with Gasteiger partial charge in [-0.05, 0) is 60.4 Å². The number of hydrogen-bond acceptors (Lipinski definition) is 5. The number of carbonyl (C=O) groups is 2. The van der Waals surface area contributed by atoms with Crippen LogP contribution in [0.1, 0.15) is 42.3 Å². The summed E-state index contributed by atoms with van der Waals surface area (Å²) in [6.07, 6.45) is 1.50. The lowest BCUT2D eigenvalue weighted by atomic mass is 10.0. The van der Waals surface area contributed by atoms with Gasteiger partial charge in [0.15, 0.2) is 11.5 Å². The molecule has 0 bridgehead atoms. The molecule has 2 amide bonds. The zero-order valence-electron chi connectivity index (χ0n) is 20.8. The average molecular weight is 542 g/mol. The molecule has 0 saturated carbocycles. The Hall–Kier alpha value is -3.55. The standard InChI is InChI=1S/C28H29Cl2N3O4/c1-4-36-25-14-20(10-13-24(25)37-17-19-8-6-5-7-9-19)16-31-33-28(35)26(18(2)3)32-27(34)21-11-12-22(29)23(30)15-21/h5-16,18,26H,4,17H2,1-3H3,(H,32,34)(H,33,35). The third-order valence-electron chi connectivity index (χ3n) is 5.31. The molecule has 1 atom stereocenters. The van der Waals surface area contributed by atoms with Crippen LogP contribution in [0.2, 0.25) is 10.0 Å². The minimum Gasteiger partial charge on any atom is -0.490 e. The molecular formula is C28H29Cl2N3O4. The van der Waals surface area contributed by atoms with Crippen LogP contribution in [0.15, 0.2) is 71.8 Å². The maximum Gasteiger partial charge on any atom is 0.262 e. The Balaban J connectivity index is 1.63. The minimum absolute atomic E-state index is 0.187. The molecule has 0 aliphatic carbocycles. The van der Waals surface area contributed by atoms with E-state index < -0.39 is 17.9 Å². The predicted molar refractivity (Wildman–Crippen MR) is 147 cm³/mol. The molecule has 194 valence electrons. The Bertz CT molecular complexity index is 1250. The van der Waals surface area contributed by atoms with Gasteiger partial charge < -0.3 is 14.8 Å². The summed E-state index contributed by atoms with van der Waals surface area (Å²) in [6, 6.07) is 18.9. The molecule has 3 aromatic rings. The number of carbonyl (C=O) groups excluding carboxylic acids is 2. The largest absolute Gasteiger partial charge is 0.490 e. The molecule has 0 aliphatic rings. The van der Waals surface area contributed by atoms with Gasteiger partial charge in [-0.15, -0.1) is 0 Å². The van der Waals surface area contributed by atoms with Crippen LogP contribution in [-0.4, -0.2) is 30.7 Å². The van der Waals surface area contributed by atoms with Gasteiger partial charge in [-0.25, -0.2) is 5.43 Å². The lowest BCUT2D eigenvalue weighted by Crippen LogP contribution is -2.48. The van der Waals surface area contributed by atoms with Crippen LogP contribution in [0.4, 0.5) is 0 Å². The van der Waals surface area contributed by atoms with Crippen molar-refractivity contribution in [3.8, 4) is 11.5 Å². The fourth-order valence-corrected chi connectivity index (χ4v) is 3.66. The van der Waals surface area contributed by atoms with Crippen LogP contribution in [0.25, 0.3) is 0 Å². The second-order valence-electron chi connectivity index (χ2n) is 8.47. The minimum atomic E-state index is -0.813. The molecule has 0 spiro atoms. The van der Waals surface area contributed by atoms with Crippen molar-refractivity contribution in [1.29, 1.82) is 0 Å². The molecule has 37 heavy (non-hydrogen) atoms. The van der Waals surface area contributed by atoms with Gasteiger partial charge in [0.05, 0.1) is 22.9 Å². The van der Waals surface area contributed by atoms with Gasteiger partial charge in [-0.1, -0.05) is 67.4 Å². The Morgan fingerprint density at radius 3 is 2.38 bits per heavy atom. The summed E-state index contributed by atoms with van der Waals surface area (Å²) in [5, 5.41) is 7.39. The van der Waals surface area contributed by atoms with Gasteiger partial charge in [-0.3, -0.25) is 9.59 Å². The summed E-state index contributed by atoms with van der Waals surface area (Å²) in [5.74, 6) is 0.100. The van der Waals surface area contributed by atoms with E-state index in [9.17, 15) is 9.59 Å². The Morgan fingerprint density at radius 1 is 0.946 bits per heavy atom. The maximum atomic E-state index is 12.8. The third-order valence-corrected chi connectivity index (χ3v) is 6.05. The lowest BCUT2D eigenvalue weighted by molar-refractivity contribution is -0.123. The SMILES string of the molecule is CCOc1cc(C=NNC(=O)C(NC(=O)c2ccc(Cl)c(Cl)c2)C(C)C)ccc1OCc1ccccc1. The van der Waals surface area contributed by atoms with Crippen molar-refractivity contribution in [3.05, 3.63) is 93.5 Å². The number of rotatable bonds is 11. The second kappa shape index (κ2) is 13.7. The second-order valence-corrected chi connectivity index (χ2v) is 9.29. The van der Waals surface area contributed by atoms with Crippen LogP contribution in [-0.2, 0) is 11.4 Å². The van der Waals surface area contributed by atoms with Gasteiger partial charge in [0.1, 0.15) is 12.6 Å². The van der Waals surface area contributed by atoms with Crippen molar-refractivity contribution in [3.63, 3.8) is 0 Å². The van der Waals surface area contributed by atoms with E-state index >= 15 is 0 Å². The molecule has 1 unspecified atom stereocenters. The first kappa shape index (κ1) is 28.0. The van der Waals surface area contributed by atoms with Crippen molar-refractivity contribution in [2.45, 2.75) is 33.4 Å². The van der Waals surface area contributed by atoms with Gasteiger partial charge in [-0.2, -0.15) is 5.10 Å². The molecule has 0 fully saturated rings. The Morgan fingerprint density at radius 2 is 1.70 bits per heavy atom. The van der Waals surface area contributed by atoms with Gasteiger partial charge in [0, 0.05) is 5.56 Å². The van der Waals surface area contributed by atoms with Crippen molar-refractivity contribution >= 4 is 41.2 Å². The van der Waals surface area contributed by atoms with E-state index in [4.69, 9.17) is 32.7 Å². The summed E-state index contributed by atoms with van der Waals surface area (Å²) in [5.41, 5.74) is 4.55. The fourth-order valence-electron chi connectivity index (χ4n) is 3.36. The summed E-state index contributed by atoms with van der Waals surface area (Å²) in [4.78, 5) is 25.4. The molecule has 0 aliphatic heterocycles. The number of halogens is 2. The zero-order chi connectivity index (χ0) is 26.8. The smallest absolute Gasteiger partial charge is 0.262 e. The van der Waals surface area contributed by atoms with Gasteiger partial charge in [0.2, 0.25) is 0 Å². The zero-order valence-corrected chi connectivity index (χ0v) is 22.3. The first-order chi connectivity index (χ1) is 17.8. The summed E-state index contributed by atoms with van der Waals surface area (Å²) in [6.45, 7) is 6.42. The summed E-state index contributed by atoms with van der Waals surface area (Å²) < 4.78 is 11.6. The Kier molecular flexibility index (Phi) is 10.4. The molecular weight excluding hydrogens is 513 g/mol. The number of amides is 2. The van der Waals surface area contributed by atoms with Crippen LogP contribution >= 0.6 is 23.2 Å². The van der Waals surface area contributed by atoms with Gasteiger partial charge >= 0.3 is 0 Å². The first-order valence-electron chi connectivity index (χ1n) is 11.8. The quantitative estimate of drug-likeness (QED) is 0.234.